The number of hydrogen-bond donors (Lipinski definition) is 0. The summed E-state index contributed by atoms with van der Waals surface area (Å²) in [6.07, 6.45) is 3.54. The van der Waals surface area contributed by atoms with Crippen LogP contribution in [0.3, 0.4) is 0 Å². The van der Waals surface area contributed by atoms with Crippen molar-refractivity contribution >= 4 is 5.78 Å². The Balaban J connectivity index is 1.95. The van der Waals surface area contributed by atoms with E-state index in [1.54, 1.807) is 6.07 Å². The lowest BCUT2D eigenvalue weighted by molar-refractivity contribution is 0.101. The minimum absolute atomic E-state index is 0.136. The van der Waals surface area contributed by atoms with E-state index in [0.717, 1.165) is 12.3 Å². The fourth-order valence-electron chi connectivity index (χ4n) is 1.58. The molecular weight excluding hydrogens is 207 g/mol. The van der Waals surface area contributed by atoms with Crippen molar-refractivity contribution in [3.63, 3.8) is 0 Å². The lowest BCUT2D eigenvalue weighted by atomic mass is 10.1. The number of hydrogen-bond acceptors (Lipinski definition) is 2. The molecule has 1 fully saturated rings. The largest absolute Gasteiger partial charge is 0.491 e. The monoisotopic (exact) mass is 222 g/mol. The first-order chi connectivity index (χ1) is 7.66. The van der Waals surface area contributed by atoms with Gasteiger partial charge in [-0.2, -0.15) is 0 Å². The molecule has 0 heterocycles. The predicted octanol–water partition coefficient (Wildman–Crippen LogP) is 3.21. The molecule has 0 spiro atoms. The van der Waals surface area contributed by atoms with E-state index in [2.05, 4.69) is 0 Å². The van der Waals surface area contributed by atoms with Crippen LogP contribution in [0.2, 0.25) is 0 Å². The van der Waals surface area contributed by atoms with Crippen molar-refractivity contribution in [1.29, 1.82) is 0 Å². The number of halogens is 1. The zero-order valence-corrected chi connectivity index (χ0v) is 9.33. The fourth-order valence-corrected chi connectivity index (χ4v) is 1.58. The van der Waals surface area contributed by atoms with Crippen molar-refractivity contribution in [2.75, 3.05) is 6.61 Å². The van der Waals surface area contributed by atoms with Crippen LogP contribution in [0.15, 0.2) is 18.2 Å². The lowest BCUT2D eigenvalue weighted by Crippen LogP contribution is -2.01. The topological polar surface area (TPSA) is 26.3 Å². The van der Waals surface area contributed by atoms with Crippen LogP contribution in [-0.4, -0.2) is 12.4 Å². The van der Waals surface area contributed by atoms with E-state index < -0.39 is 5.82 Å². The van der Waals surface area contributed by atoms with E-state index in [1.165, 1.54) is 31.9 Å². The van der Waals surface area contributed by atoms with Gasteiger partial charge < -0.3 is 4.74 Å². The fraction of sp³-hybridized carbons (Fsp3) is 0.462. The van der Waals surface area contributed by atoms with Gasteiger partial charge in [-0.1, -0.05) is 12.8 Å². The molecule has 1 aromatic rings. The first-order valence-electron chi connectivity index (χ1n) is 5.60. The van der Waals surface area contributed by atoms with Gasteiger partial charge in [0.15, 0.2) is 17.3 Å². The molecule has 86 valence electrons. The Morgan fingerprint density at radius 2 is 2.25 bits per heavy atom. The summed E-state index contributed by atoms with van der Waals surface area (Å²) in [7, 11) is 0. The average Bonchev–Trinajstić information content (AvgIpc) is 3.04. The molecule has 2 rings (SSSR count). The number of carbonyl (C=O) groups is 1. The molecule has 1 aliphatic carbocycles. The SMILES string of the molecule is CC(=O)c1ccc(OCCC2CC2)c(F)c1. The number of benzene rings is 1. The molecule has 0 unspecified atom stereocenters. The van der Waals surface area contributed by atoms with Gasteiger partial charge in [0.2, 0.25) is 0 Å². The Bertz CT molecular complexity index is 397. The summed E-state index contributed by atoms with van der Waals surface area (Å²) >= 11 is 0. The molecule has 2 nitrogen and oxygen atoms in total. The Hall–Kier alpha value is -1.38. The maximum atomic E-state index is 13.5. The van der Waals surface area contributed by atoms with Gasteiger partial charge in [-0.05, 0) is 37.5 Å². The van der Waals surface area contributed by atoms with Crippen molar-refractivity contribution in [2.24, 2.45) is 5.92 Å². The van der Waals surface area contributed by atoms with Gasteiger partial charge in [-0.3, -0.25) is 4.79 Å². The van der Waals surface area contributed by atoms with Crippen LogP contribution < -0.4 is 4.74 Å². The maximum Gasteiger partial charge on any atom is 0.165 e. The summed E-state index contributed by atoms with van der Waals surface area (Å²) in [6, 6.07) is 4.35. The van der Waals surface area contributed by atoms with Crippen molar-refractivity contribution in [1.82, 2.24) is 0 Å². The van der Waals surface area contributed by atoms with Crippen LogP contribution >= 0.6 is 0 Å². The van der Waals surface area contributed by atoms with Crippen molar-refractivity contribution in [3.05, 3.63) is 29.6 Å². The van der Waals surface area contributed by atoms with Gasteiger partial charge in [0.05, 0.1) is 6.61 Å². The van der Waals surface area contributed by atoms with Gasteiger partial charge in [0, 0.05) is 5.56 Å². The van der Waals surface area contributed by atoms with Crippen LogP contribution in [-0.2, 0) is 0 Å². The van der Waals surface area contributed by atoms with Crippen molar-refractivity contribution in [2.45, 2.75) is 26.2 Å². The molecule has 0 bridgehead atoms. The van der Waals surface area contributed by atoms with Gasteiger partial charge in [0.25, 0.3) is 0 Å². The van der Waals surface area contributed by atoms with Crippen molar-refractivity contribution in [3.8, 4) is 5.75 Å². The third-order valence-electron chi connectivity index (χ3n) is 2.82. The zero-order chi connectivity index (χ0) is 11.5. The van der Waals surface area contributed by atoms with E-state index in [-0.39, 0.29) is 11.5 Å². The summed E-state index contributed by atoms with van der Waals surface area (Å²) < 4.78 is 18.8. The lowest BCUT2D eigenvalue weighted by Gasteiger charge is -2.07. The van der Waals surface area contributed by atoms with E-state index in [9.17, 15) is 9.18 Å². The molecule has 3 heteroatoms. The second kappa shape index (κ2) is 4.64. The number of rotatable bonds is 5. The normalized spacial score (nSPS) is 14.9. The molecule has 0 atom stereocenters. The van der Waals surface area contributed by atoms with Gasteiger partial charge in [-0.15, -0.1) is 0 Å². The summed E-state index contributed by atoms with van der Waals surface area (Å²) in [5, 5.41) is 0. The summed E-state index contributed by atoms with van der Waals surface area (Å²) in [6.45, 7) is 1.98. The van der Waals surface area contributed by atoms with E-state index in [4.69, 9.17) is 4.74 Å². The van der Waals surface area contributed by atoms with Gasteiger partial charge >= 0.3 is 0 Å². The highest BCUT2D eigenvalue weighted by Crippen LogP contribution is 2.32. The third kappa shape index (κ3) is 2.81. The minimum atomic E-state index is -0.455. The summed E-state index contributed by atoms with van der Waals surface area (Å²) in [4.78, 5) is 11.0. The van der Waals surface area contributed by atoms with Crippen LogP contribution in [0.25, 0.3) is 0 Å². The van der Waals surface area contributed by atoms with Gasteiger partial charge in [-0.25, -0.2) is 4.39 Å². The first kappa shape index (κ1) is 11.1. The standard InChI is InChI=1S/C13H15FO2/c1-9(15)11-4-5-13(12(14)8-11)16-7-6-10-2-3-10/h4-5,8,10H,2-3,6-7H2,1H3. The first-order valence-corrected chi connectivity index (χ1v) is 5.60. The Morgan fingerprint density at radius 3 is 2.81 bits per heavy atom. The van der Waals surface area contributed by atoms with Crippen LogP contribution in [0.4, 0.5) is 4.39 Å². The molecule has 0 radical (unpaired) electrons. The number of ether oxygens (including phenoxy) is 1. The molecule has 0 N–H and O–H groups in total. The van der Waals surface area contributed by atoms with Crippen LogP contribution in [0, 0.1) is 11.7 Å². The predicted molar refractivity (Wildman–Crippen MR) is 59.2 cm³/mol. The van der Waals surface area contributed by atoms with Crippen molar-refractivity contribution < 1.29 is 13.9 Å². The van der Waals surface area contributed by atoms with E-state index in [0.29, 0.717) is 12.2 Å². The molecule has 16 heavy (non-hydrogen) atoms. The van der Waals surface area contributed by atoms with E-state index in [1.807, 2.05) is 0 Å². The molecular formula is C13H15FO2. The van der Waals surface area contributed by atoms with E-state index >= 15 is 0 Å². The molecule has 0 aromatic heterocycles. The summed E-state index contributed by atoms with van der Waals surface area (Å²) in [5.74, 6) is 0.428. The second-order valence-electron chi connectivity index (χ2n) is 4.28. The molecule has 0 aliphatic heterocycles. The van der Waals surface area contributed by atoms with Crippen LogP contribution in [0.1, 0.15) is 36.5 Å². The highest BCUT2D eigenvalue weighted by molar-refractivity contribution is 5.94. The second-order valence-corrected chi connectivity index (χ2v) is 4.28. The molecule has 1 aromatic carbocycles. The molecule has 1 saturated carbocycles. The zero-order valence-electron chi connectivity index (χ0n) is 9.33. The highest BCUT2D eigenvalue weighted by Gasteiger charge is 2.20. The van der Waals surface area contributed by atoms with Crippen LogP contribution in [0.5, 0.6) is 5.75 Å². The Labute approximate surface area is 94.4 Å². The minimum Gasteiger partial charge on any atom is -0.491 e. The number of carbonyl (C=O) groups excluding carboxylic acids is 1. The average molecular weight is 222 g/mol. The highest BCUT2D eigenvalue weighted by atomic mass is 19.1. The number of ketones is 1. The third-order valence-corrected chi connectivity index (χ3v) is 2.82. The Morgan fingerprint density at radius 1 is 1.50 bits per heavy atom. The maximum absolute atomic E-state index is 13.5. The molecule has 0 amide bonds. The van der Waals surface area contributed by atoms with Gasteiger partial charge in [0.1, 0.15) is 0 Å². The molecule has 0 saturated heterocycles. The number of Topliss-reactive ketones (excluding diaryl/α,β-unsaturated/α-hetero) is 1. The molecule has 1 aliphatic rings. The quantitative estimate of drug-likeness (QED) is 0.715. The summed E-state index contributed by atoms with van der Waals surface area (Å²) in [5.41, 5.74) is 0.382. The smallest absolute Gasteiger partial charge is 0.165 e. The Kier molecular flexibility index (Phi) is 3.22.